The number of benzene rings is 1. The smallest absolute Gasteiger partial charge is 0.231 e. The van der Waals surface area contributed by atoms with Crippen molar-refractivity contribution in [2.75, 3.05) is 13.3 Å². The van der Waals surface area contributed by atoms with E-state index in [0.29, 0.717) is 6.61 Å². The summed E-state index contributed by atoms with van der Waals surface area (Å²) in [5.74, 6) is 3.99. The Hall–Kier alpha value is -2.14. The monoisotopic (exact) mass is 289 g/mol. The molecule has 2 aromatic rings. The predicted octanol–water partition coefficient (Wildman–Crippen LogP) is 3.01. The lowest BCUT2D eigenvalue weighted by atomic mass is 10.2. The van der Waals surface area contributed by atoms with E-state index >= 15 is 0 Å². The van der Waals surface area contributed by atoms with Crippen molar-refractivity contribution in [1.82, 2.24) is 5.32 Å². The van der Waals surface area contributed by atoms with E-state index in [1.54, 1.807) is 0 Å². The minimum absolute atomic E-state index is 0.268. The number of fused-ring (bicyclic) bond motifs is 1. The average Bonchev–Trinajstić information content (AvgIpc) is 3.08. The van der Waals surface area contributed by atoms with Crippen LogP contribution in [0.4, 0.5) is 0 Å². The molecule has 1 aromatic carbocycles. The summed E-state index contributed by atoms with van der Waals surface area (Å²) < 4.78 is 22.1. The Balaban J connectivity index is 1.62. The molecule has 0 saturated heterocycles. The van der Waals surface area contributed by atoms with Crippen molar-refractivity contribution in [3.63, 3.8) is 0 Å². The number of hydrogen-bond acceptors (Lipinski definition) is 5. The Morgan fingerprint density at radius 2 is 2.05 bits per heavy atom. The Kier molecular flexibility index (Phi) is 4.01. The molecule has 2 heterocycles. The highest BCUT2D eigenvalue weighted by molar-refractivity contribution is 5.46. The first-order valence-electron chi connectivity index (χ1n) is 7.07. The third-order valence-corrected chi connectivity index (χ3v) is 3.33. The van der Waals surface area contributed by atoms with Crippen LogP contribution in [0.25, 0.3) is 0 Å². The Bertz CT molecular complexity index is 621. The summed E-state index contributed by atoms with van der Waals surface area (Å²) in [5, 5.41) is 3.26. The molecular weight excluding hydrogens is 270 g/mol. The molecule has 5 heteroatoms. The highest BCUT2D eigenvalue weighted by atomic mass is 16.7. The highest BCUT2D eigenvalue weighted by Gasteiger charge is 2.14. The van der Waals surface area contributed by atoms with Gasteiger partial charge in [-0.3, -0.25) is 0 Å². The topological polar surface area (TPSA) is 52.9 Å². The Morgan fingerprint density at radius 1 is 1.19 bits per heavy atom. The SMILES string of the molecule is CCNCc1oc(COc2ccc3c(c2)OCO3)cc1C. The summed E-state index contributed by atoms with van der Waals surface area (Å²) >= 11 is 0. The molecule has 5 nitrogen and oxygen atoms in total. The van der Waals surface area contributed by atoms with Gasteiger partial charge in [-0.1, -0.05) is 6.92 Å². The van der Waals surface area contributed by atoms with Crippen molar-refractivity contribution in [3.05, 3.63) is 41.3 Å². The van der Waals surface area contributed by atoms with Crippen LogP contribution >= 0.6 is 0 Å². The molecule has 1 aromatic heterocycles. The molecule has 0 fully saturated rings. The second-order valence-corrected chi connectivity index (χ2v) is 4.90. The van der Waals surface area contributed by atoms with E-state index in [1.165, 1.54) is 0 Å². The number of rotatable bonds is 6. The summed E-state index contributed by atoms with van der Waals surface area (Å²) in [7, 11) is 0. The largest absolute Gasteiger partial charge is 0.486 e. The first-order chi connectivity index (χ1) is 10.3. The minimum Gasteiger partial charge on any atom is -0.486 e. The molecule has 112 valence electrons. The van der Waals surface area contributed by atoms with Crippen LogP contribution in [0.1, 0.15) is 24.0 Å². The van der Waals surface area contributed by atoms with Gasteiger partial charge in [0.05, 0.1) is 6.54 Å². The molecule has 0 unspecified atom stereocenters. The van der Waals surface area contributed by atoms with E-state index in [0.717, 1.165) is 47.4 Å². The van der Waals surface area contributed by atoms with Crippen molar-refractivity contribution in [3.8, 4) is 17.2 Å². The maximum absolute atomic E-state index is 5.79. The third-order valence-electron chi connectivity index (χ3n) is 3.33. The van der Waals surface area contributed by atoms with Crippen LogP contribution in [-0.2, 0) is 13.2 Å². The first-order valence-corrected chi connectivity index (χ1v) is 7.07. The maximum Gasteiger partial charge on any atom is 0.231 e. The quantitative estimate of drug-likeness (QED) is 0.886. The van der Waals surface area contributed by atoms with Gasteiger partial charge in [0.25, 0.3) is 0 Å². The molecule has 1 aliphatic rings. The first kappa shape index (κ1) is 13.8. The van der Waals surface area contributed by atoms with E-state index < -0.39 is 0 Å². The van der Waals surface area contributed by atoms with E-state index in [2.05, 4.69) is 12.2 Å². The zero-order chi connectivity index (χ0) is 14.7. The minimum atomic E-state index is 0.268. The fourth-order valence-electron chi connectivity index (χ4n) is 2.20. The van der Waals surface area contributed by atoms with Crippen molar-refractivity contribution < 1.29 is 18.6 Å². The fourth-order valence-corrected chi connectivity index (χ4v) is 2.20. The second-order valence-electron chi connectivity index (χ2n) is 4.90. The molecule has 1 N–H and O–H groups in total. The van der Waals surface area contributed by atoms with Crippen LogP contribution in [0.5, 0.6) is 17.2 Å². The molecule has 0 amide bonds. The Morgan fingerprint density at radius 3 is 2.90 bits per heavy atom. The molecule has 0 saturated carbocycles. The lowest BCUT2D eigenvalue weighted by Crippen LogP contribution is -2.11. The van der Waals surface area contributed by atoms with E-state index in [4.69, 9.17) is 18.6 Å². The molecular formula is C16H19NO4. The number of hydrogen-bond donors (Lipinski definition) is 1. The molecule has 0 bridgehead atoms. The van der Waals surface area contributed by atoms with Gasteiger partial charge in [0, 0.05) is 6.07 Å². The van der Waals surface area contributed by atoms with Gasteiger partial charge in [0.15, 0.2) is 11.5 Å². The van der Waals surface area contributed by atoms with Crippen LogP contribution in [-0.4, -0.2) is 13.3 Å². The Labute approximate surface area is 123 Å². The van der Waals surface area contributed by atoms with Crippen LogP contribution < -0.4 is 19.5 Å². The lowest BCUT2D eigenvalue weighted by molar-refractivity contribution is 0.173. The number of aryl methyl sites for hydroxylation is 1. The average molecular weight is 289 g/mol. The molecule has 0 atom stereocenters. The van der Waals surface area contributed by atoms with Crippen LogP contribution in [0.15, 0.2) is 28.7 Å². The van der Waals surface area contributed by atoms with Gasteiger partial charge in [-0.15, -0.1) is 0 Å². The van der Waals surface area contributed by atoms with Gasteiger partial charge < -0.3 is 23.9 Å². The lowest BCUT2D eigenvalue weighted by Gasteiger charge is -2.05. The van der Waals surface area contributed by atoms with E-state index in [1.807, 2.05) is 31.2 Å². The maximum atomic E-state index is 5.79. The predicted molar refractivity (Wildman–Crippen MR) is 77.7 cm³/mol. The fraction of sp³-hybridized carbons (Fsp3) is 0.375. The molecule has 21 heavy (non-hydrogen) atoms. The van der Waals surface area contributed by atoms with Crippen molar-refractivity contribution in [2.24, 2.45) is 0 Å². The van der Waals surface area contributed by atoms with Crippen LogP contribution in [0, 0.1) is 6.92 Å². The molecule has 0 spiro atoms. The van der Waals surface area contributed by atoms with Crippen molar-refractivity contribution in [2.45, 2.75) is 27.0 Å². The van der Waals surface area contributed by atoms with Crippen LogP contribution in [0.3, 0.4) is 0 Å². The van der Waals surface area contributed by atoms with Crippen molar-refractivity contribution >= 4 is 0 Å². The van der Waals surface area contributed by atoms with Gasteiger partial charge in [-0.25, -0.2) is 0 Å². The van der Waals surface area contributed by atoms with Gasteiger partial charge >= 0.3 is 0 Å². The molecule has 1 aliphatic heterocycles. The third kappa shape index (κ3) is 3.13. The van der Waals surface area contributed by atoms with Crippen LogP contribution in [0.2, 0.25) is 0 Å². The number of ether oxygens (including phenoxy) is 3. The van der Waals surface area contributed by atoms with E-state index in [9.17, 15) is 0 Å². The number of nitrogens with one attached hydrogen (secondary N) is 1. The highest BCUT2D eigenvalue weighted by Crippen LogP contribution is 2.35. The molecule has 0 aliphatic carbocycles. The van der Waals surface area contributed by atoms with E-state index in [-0.39, 0.29) is 6.79 Å². The second kappa shape index (κ2) is 6.10. The van der Waals surface area contributed by atoms with Crippen molar-refractivity contribution in [1.29, 1.82) is 0 Å². The zero-order valence-corrected chi connectivity index (χ0v) is 12.3. The number of furan rings is 1. The standard InChI is InChI=1S/C16H19NO4/c1-3-17-8-16-11(2)6-13(21-16)9-18-12-4-5-14-15(7-12)20-10-19-14/h4-7,17H,3,8-10H2,1-2H3. The van der Waals surface area contributed by atoms with Gasteiger partial charge in [0.1, 0.15) is 23.9 Å². The molecule has 3 rings (SSSR count). The normalized spacial score (nSPS) is 12.7. The molecule has 0 radical (unpaired) electrons. The zero-order valence-electron chi connectivity index (χ0n) is 12.3. The summed E-state index contributed by atoms with van der Waals surface area (Å²) in [6.07, 6.45) is 0. The van der Waals surface area contributed by atoms with Gasteiger partial charge in [-0.2, -0.15) is 0 Å². The summed E-state index contributed by atoms with van der Waals surface area (Å²) in [6.45, 7) is 6.44. The van der Waals surface area contributed by atoms with Gasteiger partial charge in [0.2, 0.25) is 6.79 Å². The summed E-state index contributed by atoms with van der Waals surface area (Å²) in [5.41, 5.74) is 1.14. The summed E-state index contributed by atoms with van der Waals surface area (Å²) in [4.78, 5) is 0. The van der Waals surface area contributed by atoms with Gasteiger partial charge in [-0.05, 0) is 37.2 Å². The summed E-state index contributed by atoms with van der Waals surface area (Å²) in [6, 6.07) is 7.56.